The van der Waals surface area contributed by atoms with Gasteiger partial charge in [0.15, 0.2) is 11.0 Å². The molecule has 4 aromatic rings. The van der Waals surface area contributed by atoms with Crippen molar-refractivity contribution in [2.45, 2.75) is 43.1 Å². The zero-order chi connectivity index (χ0) is 22.6. The van der Waals surface area contributed by atoms with Gasteiger partial charge in [0.05, 0.1) is 11.8 Å². The Hall–Kier alpha value is -3.45. The van der Waals surface area contributed by atoms with Crippen molar-refractivity contribution < 1.29 is 4.79 Å². The number of nitrogens with zero attached hydrogens (tertiary/aromatic N) is 4. The summed E-state index contributed by atoms with van der Waals surface area (Å²) in [6.07, 6.45) is 6.93. The number of hydrogen-bond acceptors (Lipinski definition) is 5. The smallest absolute Gasteiger partial charge is 0.237 e. The lowest BCUT2D eigenvalue weighted by Gasteiger charge is -2.14. The lowest BCUT2D eigenvalue weighted by molar-refractivity contribution is -0.115. The molecule has 0 aliphatic heterocycles. The Bertz CT molecular complexity index is 1260. The summed E-state index contributed by atoms with van der Waals surface area (Å²) in [7, 11) is 0. The van der Waals surface area contributed by atoms with Gasteiger partial charge < -0.3 is 5.32 Å². The van der Waals surface area contributed by atoms with Crippen LogP contribution in [0.5, 0.6) is 0 Å². The Balaban J connectivity index is 1.36. The highest BCUT2D eigenvalue weighted by Gasteiger charge is 2.22. The third-order valence-corrected chi connectivity index (χ3v) is 6.92. The molecule has 0 saturated carbocycles. The number of hydrogen-bond donors (Lipinski definition) is 1. The van der Waals surface area contributed by atoms with Gasteiger partial charge in [-0.25, -0.2) is 0 Å². The second-order valence-corrected chi connectivity index (χ2v) is 9.51. The first kappa shape index (κ1) is 21.4. The molecule has 6 nitrogen and oxygen atoms in total. The van der Waals surface area contributed by atoms with Crippen LogP contribution in [0.25, 0.3) is 11.4 Å². The van der Waals surface area contributed by atoms with Gasteiger partial charge in [-0.3, -0.25) is 14.3 Å². The van der Waals surface area contributed by atoms with Crippen LogP contribution in [0.2, 0.25) is 0 Å². The number of aromatic nitrogens is 4. The highest BCUT2D eigenvalue weighted by molar-refractivity contribution is 8.00. The van der Waals surface area contributed by atoms with E-state index in [1.54, 1.807) is 12.4 Å². The number of nitrogens with one attached hydrogen (secondary N) is 1. The number of carbonyl (C=O) groups is 1. The van der Waals surface area contributed by atoms with Crippen molar-refractivity contribution >= 4 is 23.4 Å². The van der Waals surface area contributed by atoms with E-state index >= 15 is 0 Å². The van der Waals surface area contributed by atoms with Crippen molar-refractivity contribution in [3.63, 3.8) is 0 Å². The van der Waals surface area contributed by atoms with Crippen LogP contribution >= 0.6 is 11.8 Å². The fourth-order valence-corrected chi connectivity index (χ4v) is 4.95. The molecular formula is C26H25N5OS. The Labute approximate surface area is 197 Å². The van der Waals surface area contributed by atoms with Crippen LogP contribution in [-0.2, 0) is 24.2 Å². The zero-order valence-electron chi connectivity index (χ0n) is 18.4. The van der Waals surface area contributed by atoms with E-state index < -0.39 is 0 Å². The van der Waals surface area contributed by atoms with Crippen molar-refractivity contribution in [2.75, 3.05) is 5.32 Å². The fourth-order valence-electron chi connectivity index (χ4n) is 4.10. The molecule has 0 unspecified atom stereocenters. The molecule has 1 atom stereocenters. The Kier molecular flexibility index (Phi) is 6.21. The van der Waals surface area contributed by atoms with Crippen molar-refractivity contribution in [1.82, 2.24) is 19.7 Å². The predicted octanol–water partition coefficient (Wildman–Crippen LogP) is 5.00. The molecule has 7 heteroatoms. The number of pyridine rings is 1. The zero-order valence-corrected chi connectivity index (χ0v) is 19.3. The number of anilines is 1. The molecule has 0 radical (unpaired) electrons. The minimum Gasteiger partial charge on any atom is -0.325 e. The van der Waals surface area contributed by atoms with Gasteiger partial charge in [-0.1, -0.05) is 48.2 Å². The predicted molar refractivity (Wildman–Crippen MR) is 131 cm³/mol. The topological polar surface area (TPSA) is 72.7 Å². The number of amides is 1. The molecular weight excluding hydrogens is 430 g/mol. The number of fused-ring (bicyclic) bond motifs is 1. The molecule has 5 rings (SSSR count). The summed E-state index contributed by atoms with van der Waals surface area (Å²) in [6.45, 7) is 2.51. The van der Waals surface area contributed by atoms with Crippen LogP contribution in [-0.4, -0.2) is 30.9 Å². The second-order valence-electron chi connectivity index (χ2n) is 8.21. The SMILES string of the molecule is C[C@H](Sc1nnc(-c2cccnc2)n1Cc1ccccc1)C(=O)Nc1ccc2c(c1)CCC2. The minimum absolute atomic E-state index is 0.0462. The second kappa shape index (κ2) is 9.58. The summed E-state index contributed by atoms with van der Waals surface area (Å²) < 4.78 is 2.05. The number of rotatable bonds is 7. The van der Waals surface area contributed by atoms with E-state index in [1.807, 2.05) is 43.3 Å². The maximum Gasteiger partial charge on any atom is 0.237 e. The highest BCUT2D eigenvalue weighted by atomic mass is 32.2. The highest BCUT2D eigenvalue weighted by Crippen LogP contribution is 2.29. The molecule has 1 amide bonds. The van der Waals surface area contributed by atoms with E-state index in [1.165, 1.54) is 29.3 Å². The van der Waals surface area contributed by atoms with E-state index in [0.717, 1.165) is 35.5 Å². The molecule has 2 heterocycles. The summed E-state index contributed by atoms with van der Waals surface area (Å²) in [4.78, 5) is 17.2. The molecule has 1 N–H and O–H groups in total. The number of carbonyl (C=O) groups excluding carboxylic acids is 1. The molecule has 33 heavy (non-hydrogen) atoms. The van der Waals surface area contributed by atoms with E-state index in [4.69, 9.17) is 0 Å². The van der Waals surface area contributed by atoms with Crippen molar-refractivity contribution in [2.24, 2.45) is 0 Å². The maximum absolute atomic E-state index is 13.0. The summed E-state index contributed by atoms with van der Waals surface area (Å²) >= 11 is 1.41. The Morgan fingerprint density at radius 2 is 1.91 bits per heavy atom. The van der Waals surface area contributed by atoms with Gasteiger partial charge in [-0.05, 0) is 67.1 Å². The molecule has 0 bridgehead atoms. The molecule has 0 fully saturated rings. The van der Waals surface area contributed by atoms with Crippen molar-refractivity contribution in [3.05, 3.63) is 89.7 Å². The van der Waals surface area contributed by atoms with E-state index in [0.29, 0.717) is 11.7 Å². The number of benzene rings is 2. The minimum atomic E-state index is -0.335. The molecule has 2 aromatic heterocycles. The van der Waals surface area contributed by atoms with Crippen LogP contribution in [0.4, 0.5) is 5.69 Å². The van der Waals surface area contributed by atoms with E-state index in [-0.39, 0.29) is 11.2 Å². The van der Waals surface area contributed by atoms with Gasteiger partial charge in [0.25, 0.3) is 0 Å². The lowest BCUT2D eigenvalue weighted by Crippen LogP contribution is -2.23. The summed E-state index contributed by atoms with van der Waals surface area (Å²) in [6, 6.07) is 20.3. The standard InChI is InChI=1S/C26H25N5OS/c1-18(25(32)28-23-13-12-20-9-5-10-21(20)15-23)33-26-30-29-24(22-11-6-14-27-16-22)31(26)17-19-7-3-2-4-8-19/h2-4,6-8,11-16,18H,5,9-10,17H2,1H3,(H,28,32)/t18-/m0/s1. The molecule has 0 saturated heterocycles. The average Bonchev–Trinajstić information content (AvgIpc) is 3.47. The van der Waals surface area contributed by atoms with Crippen LogP contribution in [0.15, 0.2) is 78.2 Å². The number of aryl methyl sites for hydroxylation is 2. The molecule has 1 aliphatic rings. The van der Waals surface area contributed by atoms with Gasteiger partial charge in [-0.15, -0.1) is 10.2 Å². The molecule has 1 aliphatic carbocycles. The van der Waals surface area contributed by atoms with E-state index in [2.05, 4.69) is 49.3 Å². The van der Waals surface area contributed by atoms with Crippen molar-refractivity contribution in [3.8, 4) is 11.4 Å². The molecule has 166 valence electrons. The molecule has 2 aromatic carbocycles. The van der Waals surface area contributed by atoms with Crippen LogP contribution in [0, 0.1) is 0 Å². The van der Waals surface area contributed by atoms with Gasteiger partial charge >= 0.3 is 0 Å². The normalized spacial score (nSPS) is 13.5. The maximum atomic E-state index is 13.0. The Morgan fingerprint density at radius 3 is 2.73 bits per heavy atom. The molecule has 0 spiro atoms. The first-order valence-electron chi connectivity index (χ1n) is 11.1. The van der Waals surface area contributed by atoms with Gasteiger partial charge in [0.2, 0.25) is 5.91 Å². The van der Waals surface area contributed by atoms with Gasteiger partial charge in [0, 0.05) is 23.6 Å². The lowest BCUT2D eigenvalue weighted by atomic mass is 10.1. The monoisotopic (exact) mass is 455 g/mol. The first-order valence-corrected chi connectivity index (χ1v) is 12.0. The third-order valence-electron chi connectivity index (χ3n) is 5.84. The summed E-state index contributed by atoms with van der Waals surface area (Å²) in [5.74, 6) is 0.691. The number of thioether (sulfide) groups is 1. The summed E-state index contributed by atoms with van der Waals surface area (Å²) in [5, 5.41) is 12.3. The summed E-state index contributed by atoms with van der Waals surface area (Å²) in [5.41, 5.74) is 5.63. The average molecular weight is 456 g/mol. The quantitative estimate of drug-likeness (QED) is 0.397. The van der Waals surface area contributed by atoms with E-state index in [9.17, 15) is 4.79 Å². The van der Waals surface area contributed by atoms with Crippen LogP contribution < -0.4 is 5.32 Å². The fraction of sp³-hybridized carbons (Fsp3) is 0.231. The van der Waals surface area contributed by atoms with Crippen LogP contribution in [0.3, 0.4) is 0 Å². The third kappa shape index (κ3) is 4.83. The van der Waals surface area contributed by atoms with Gasteiger partial charge in [0.1, 0.15) is 0 Å². The van der Waals surface area contributed by atoms with Gasteiger partial charge in [-0.2, -0.15) is 0 Å². The van der Waals surface area contributed by atoms with Crippen molar-refractivity contribution in [1.29, 1.82) is 0 Å². The Morgan fingerprint density at radius 1 is 1.06 bits per heavy atom. The van der Waals surface area contributed by atoms with Crippen LogP contribution in [0.1, 0.15) is 30.0 Å². The first-order chi connectivity index (χ1) is 16.2. The largest absolute Gasteiger partial charge is 0.325 e.